The molecule has 90 valence electrons. The number of rotatable bonds is 1. The molecule has 0 saturated heterocycles. The number of fused-ring (bicyclic) bond motifs is 1. The largest absolute Gasteiger partial charge is 0.504 e. The Kier molecular flexibility index (Phi) is 2.19. The number of hydrogen-bond acceptors (Lipinski definition) is 4. The first-order chi connectivity index (χ1) is 8.63. The van der Waals surface area contributed by atoms with Crippen LogP contribution in [0.1, 0.15) is 5.69 Å². The Morgan fingerprint density at radius 1 is 1.00 bits per heavy atom. The van der Waals surface area contributed by atoms with Crippen LogP contribution >= 0.6 is 0 Å². The van der Waals surface area contributed by atoms with Gasteiger partial charge in [0, 0.05) is 11.3 Å². The molecule has 0 aliphatic carbocycles. The van der Waals surface area contributed by atoms with Crippen molar-refractivity contribution in [2.45, 2.75) is 6.92 Å². The molecule has 0 unspecified atom stereocenters. The van der Waals surface area contributed by atoms with Crippen molar-refractivity contribution >= 4 is 11.2 Å². The van der Waals surface area contributed by atoms with Crippen molar-refractivity contribution in [3.05, 3.63) is 36.0 Å². The SMILES string of the molecule is Cc1ccc2[nH]c(-c3ccc(O)c(O)c3)nc2n1. The molecule has 0 saturated carbocycles. The van der Waals surface area contributed by atoms with Gasteiger partial charge in [-0.15, -0.1) is 0 Å². The van der Waals surface area contributed by atoms with Gasteiger partial charge < -0.3 is 15.2 Å². The molecule has 2 aromatic heterocycles. The Morgan fingerprint density at radius 2 is 1.83 bits per heavy atom. The third-order valence-electron chi connectivity index (χ3n) is 2.73. The molecule has 0 fully saturated rings. The molecule has 5 nitrogen and oxygen atoms in total. The zero-order chi connectivity index (χ0) is 12.7. The second-order valence-electron chi connectivity index (χ2n) is 4.11. The predicted molar refractivity (Wildman–Crippen MR) is 67.4 cm³/mol. The molecule has 0 aliphatic heterocycles. The topological polar surface area (TPSA) is 82.0 Å². The van der Waals surface area contributed by atoms with Gasteiger partial charge in [-0.2, -0.15) is 0 Å². The van der Waals surface area contributed by atoms with Crippen LogP contribution in [0.15, 0.2) is 30.3 Å². The number of benzene rings is 1. The fourth-order valence-corrected chi connectivity index (χ4v) is 1.79. The summed E-state index contributed by atoms with van der Waals surface area (Å²) in [6.45, 7) is 1.90. The number of aromatic amines is 1. The predicted octanol–water partition coefficient (Wildman–Crippen LogP) is 2.34. The molecule has 0 radical (unpaired) electrons. The normalized spacial score (nSPS) is 10.9. The molecule has 0 atom stereocenters. The fraction of sp³-hybridized carbons (Fsp3) is 0.0769. The second kappa shape index (κ2) is 3.73. The zero-order valence-electron chi connectivity index (χ0n) is 9.68. The number of H-pyrrole nitrogens is 1. The van der Waals surface area contributed by atoms with E-state index >= 15 is 0 Å². The highest BCUT2D eigenvalue weighted by atomic mass is 16.3. The monoisotopic (exact) mass is 241 g/mol. The molecule has 0 bridgehead atoms. The van der Waals surface area contributed by atoms with Crippen LogP contribution in [0.3, 0.4) is 0 Å². The number of nitrogens with one attached hydrogen (secondary N) is 1. The number of phenols is 2. The van der Waals surface area contributed by atoms with Gasteiger partial charge in [0.05, 0.1) is 5.52 Å². The van der Waals surface area contributed by atoms with Gasteiger partial charge in [0.25, 0.3) is 0 Å². The van der Waals surface area contributed by atoms with E-state index in [0.717, 1.165) is 11.2 Å². The van der Waals surface area contributed by atoms with E-state index in [1.165, 1.54) is 12.1 Å². The number of aryl methyl sites for hydroxylation is 1. The lowest BCUT2D eigenvalue weighted by Crippen LogP contribution is -1.81. The summed E-state index contributed by atoms with van der Waals surface area (Å²) in [7, 11) is 0. The maximum Gasteiger partial charge on any atom is 0.178 e. The summed E-state index contributed by atoms with van der Waals surface area (Å²) in [5.41, 5.74) is 3.07. The van der Waals surface area contributed by atoms with E-state index in [2.05, 4.69) is 15.0 Å². The number of phenolic OH excluding ortho intramolecular Hbond substituents is 2. The van der Waals surface area contributed by atoms with Crippen molar-refractivity contribution in [2.24, 2.45) is 0 Å². The quantitative estimate of drug-likeness (QED) is 0.571. The first-order valence-corrected chi connectivity index (χ1v) is 5.49. The first-order valence-electron chi connectivity index (χ1n) is 5.49. The van der Waals surface area contributed by atoms with Gasteiger partial charge >= 0.3 is 0 Å². The molecule has 3 N–H and O–H groups in total. The van der Waals surface area contributed by atoms with E-state index in [1.54, 1.807) is 6.07 Å². The average molecular weight is 241 g/mol. The Bertz CT molecular complexity index is 734. The molecular weight excluding hydrogens is 230 g/mol. The minimum absolute atomic E-state index is 0.149. The standard InChI is InChI=1S/C13H11N3O2/c1-7-2-4-9-13(14-7)16-12(15-9)8-3-5-10(17)11(18)6-8/h2-6,17-18H,1H3,(H,14,15,16). The van der Waals surface area contributed by atoms with Gasteiger partial charge in [-0.3, -0.25) is 0 Å². The number of imidazole rings is 1. The van der Waals surface area contributed by atoms with Gasteiger partial charge in [0.15, 0.2) is 17.1 Å². The van der Waals surface area contributed by atoms with Crippen LogP contribution < -0.4 is 0 Å². The van der Waals surface area contributed by atoms with E-state index in [-0.39, 0.29) is 11.5 Å². The summed E-state index contributed by atoms with van der Waals surface area (Å²) in [5, 5.41) is 18.7. The highest BCUT2D eigenvalue weighted by Crippen LogP contribution is 2.29. The smallest absolute Gasteiger partial charge is 0.178 e. The summed E-state index contributed by atoms with van der Waals surface area (Å²) < 4.78 is 0. The molecule has 3 aromatic rings. The Labute approximate surface area is 103 Å². The van der Waals surface area contributed by atoms with E-state index in [4.69, 9.17) is 0 Å². The van der Waals surface area contributed by atoms with Crippen molar-refractivity contribution in [1.82, 2.24) is 15.0 Å². The maximum atomic E-state index is 9.47. The first kappa shape index (κ1) is 10.6. The Morgan fingerprint density at radius 3 is 2.61 bits per heavy atom. The summed E-state index contributed by atoms with van der Waals surface area (Å²) in [6, 6.07) is 8.38. The molecule has 18 heavy (non-hydrogen) atoms. The van der Waals surface area contributed by atoms with Crippen LogP contribution in [0.2, 0.25) is 0 Å². The van der Waals surface area contributed by atoms with Gasteiger partial charge in [-0.1, -0.05) is 0 Å². The van der Waals surface area contributed by atoms with Crippen LogP contribution in [0, 0.1) is 6.92 Å². The molecule has 2 heterocycles. The van der Waals surface area contributed by atoms with E-state index in [0.29, 0.717) is 17.0 Å². The maximum absolute atomic E-state index is 9.47. The Hall–Kier alpha value is -2.56. The summed E-state index contributed by atoms with van der Waals surface area (Å²) in [5.74, 6) is 0.291. The van der Waals surface area contributed by atoms with Crippen molar-refractivity contribution < 1.29 is 10.2 Å². The van der Waals surface area contributed by atoms with E-state index in [9.17, 15) is 10.2 Å². The number of hydrogen-bond donors (Lipinski definition) is 3. The average Bonchev–Trinajstić information content (AvgIpc) is 2.75. The summed E-state index contributed by atoms with van der Waals surface area (Å²) in [6.07, 6.45) is 0. The van der Waals surface area contributed by atoms with Crippen LogP contribution in [0.4, 0.5) is 0 Å². The van der Waals surface area contributed by atoms with E-state index in [1.807, 2.05) is 19.1 Å². The molecule has 0 amide bonds. The van der Waals surface area contributed by atoms with Gasteiger partial charge in [0.2, 0.25) is 0 Å². The van der Waals surface area contributed by atoms with Crippen LogP contribution in [0.5, 0.6) is 11.5 Å². The number of aromatic hydroxyl groups is 2. The van der Waals surface area contributed by atoms with Gasteiger partial charge in [-0.05, 0) is 37.3 Å². The highest BCUT2D eigenvalue weighted by Gasteiger charge is 2.08. The lowest BCUT2D eigenvalue weighted by Gasteiger charge is -1.99. The molecule has 1 aromatic carbocycles. The van der Waals surface area contributed by atoms with Crippen LogP contribution in [-0.2, 0) is 0 Å². The minimum Gasteiger partial charge on any atom is -0.504 e. The van der Waals surface area contributed by atoms with Crippen LogP contribution in [0.25, 0.3) is 22.6 Å². The van der Waals surface area contributed by atoms with Crippen LogP contribution in [-0.4, -0.2) is 25.2 Å². The summed E-state index contributed by atoms with van der Waals surface area (Å²) in [4.78, 5) is 11.8. The Balaban J connectivity index is 2.16. The van der Waals surface area contributed by atoms with Crippen molar-refractivity contribution in [3.8, 4) is 22.9 Å². The lowest BCUT2D eigenvalue weighted by molar-refractivity contribution is 0.404. The third kappa shape index (κ3) is 1.66. The molecule has 5 heteroatoms. The highest BCUT2D eigenvalue weighted by molar-refractivity contribution is 5.76. The fourth-order valence-electron chi connectivity index (χ4n) is 1.79. The zero-order valence-corrected chi connectivity index (χ0v) is 9.68. The van der Waals surface area contributed by atoms with Gasteiger partial charge in [0.1, 0.15) is 5.82 Å². The molecule has 3 rings (SSSR count). The summed E-state index contributed by atoms with van der Waals surface area (Å²) >= 11 is 0. The second-order valence-corrected chi connectivity index (χ2v) is 4.11. The molecule has 0 spiro atoms. The third-order valence-corrected chi connectivity index (χ3v) is 2.73. The van der Waals surface area contributed by atoms with E-state index < -0.39 is 0 Å². The molecular formula is C13H11N3O2. The van der Waals surface area contributed by atoms with Crippen molar-refractivity contribution in [1.29, 1.82) is 0 Å². The minimum atomic E-state index is -0.169. The molecule has 0 aliphatic rings. The van der Waals surface area contributed by atoms with Gasteiger partial charge in [-0.25, -0.2) is 9.97 Å². The van der Waals surface area contributed by atoms with Crippen molar-refractivity contribution in [3.63, 3.8) is 0 Å². The number of aromatic nitrogens is 3. The number of nitrogens with zero attached hydrogens (tertiary/aromatic N) is 2. The lowest BCUT2D eigenvalue weighted by atomic mass is 10.2. The van der Waals surface area contributed by atoms with Crippen molar-refractivity contribution in [2.75, 3.05) is 0 Å². The number of pyridine rings is 1.